The summed E-state index contributed by atoms with van der Waals surface area (Å²) in [5.41, 5.74) is 0.616. The van der Waals surface area contributed by atoms with Gasteiger partial charge < -0.3 is 15.0 Å². The van der Waals surface area contributed by atoms with E-state index in [-0.39, 0.29) is 11.9 Å². The van der Waals surface area contributed by atoms with Crippen molar-refractivity contribution < 1.29 is 9.90 Å². The monoisotopic (exact) mass is 282 g/mol. The second-order valence-corrected chi connectivity index (χ2v) is 6.05. The number of nitrogens with zero attached hydrogens (tertiary/aromatic N) is 1. The Morgan fingerprint density at radius 1 is 1.32 bits per heavy atom. The Balaban J connectivity index is 1.72. The molecule has 0 spiro atoms. The highest BCUT2D eigenvalue weighted by Gasteiger charge is 2.30. The van der Waals surface area contributed by atoms with Crippen molar-refractivity contribution in [2.24, 2.45) is 0 Å². The summed E-state index contributed by atoms with van der Waals surface area (Å²) in [5.74, 6) is -0.121. The summed E-state index contributed by atoms with van der Waals surface area (Å²) < 4.78 is 1.97. The highest BCUT2D eigenvalue weighted by atomic mass is 35.5. The molecule has 1 aromatic heterocycles. The molecule has 3 rings (SSSR count). The lowest BCUT2D eigenvalue weighted by molar-refractivity contribution is 0.0710. The van der Waals surface area contributed by atoms with Crippen LogP contribution in [0.3, 0.4) is 0 Å². The normalized spacial score (nSPS) is 27.3. The number of amides is 1. The van der Waals surface area contributed by atoms with Gasteiger partial charge in [0.15, 0.2) is 0 Å². The van der Waals surface area contributed by atoms with E-state index in [0.717, 1.165) is 38.5 Å². The van der Waals surface area contributed by atoms with Crippen molar-refractivity contribution in [2.45, 2.75) is 56.7 Å². The van der Waals surface area contributed by atoms with Gasteiger partial charge in [-0.3, -0.25) is 4.79 Å². The minimum absolute atomic E-state index is 0.121. The van der Waals surface area contributed by atoms with Crippen molar-refractivity contribution in [3.05, 3.63) is 23.0 Å². The van der Waals surface area contributed by atoms with Crippen LogP contribution in [0.5, 0.6) is 0 Å². The van der Waals surface area contributed by atoms with E-state index in [1.807, 2.05) is 10.8 Å². The van der Waals surface area contributed by atoms with E-state index < -0.39 is 6.10 Å². The predicted octanol–water partition coefficient (Wildman–Crippen LogP) is 2.51. The van der Waals surface area contributed by atoms with Gasteiger partial charge >= 0.3 is 0 Å². The topological polar surface area (TPSA) is 54.3 Å². The second-order valence-electron chi connectivity index (χ2n) is 5.61. The molecule has 19 heavy (non-hydrogen) atoms. The Kier molecular flexibility index (Phi) is 3.54. The van der Waals surface area contributed by atoms with Crippen molar-refractivity contribution in [1.29, 1.82) is 0 Å². The van der Waals surface area contributed by atoms with Crippen molar-refractivity contribution in [3.63, 3.8) is 0 Å². The number of aromatic nitrogens is 1. The maximum absolute atomic E-state index is 12.3. The summed E-state index contributed by atoms with van der Waals surface area (Å²) in [4.78, 5) is 12.3. The van der Waals surface area contributed by atoms with E-state index in [2.05, 4.69) is 5.32 Å². The molecule has 1 heterocycles. The van der Waals surface area contributed by atoms with E-state index in [9.17, 15) is 9.90 Å². The third kappa shape index (κ3) is 2.79. The number of rotatable bonds is 3. The third-order valence-electron chi connectivity index (χ3n) is 4.03. The third-order valence-corrected chi connectivity index (χ3v) is 4.24. The molecule has 0 unspecified atom stereocenters. The van der Waals surface area contributed by atoms with Gasteiger partial charge in [0.1, 0.15) is 5.69 Å². The number of aliphatic hydroxyl groups excluding tert-OH is 1. The molecule has 0 saturated heterocycles. The Hall–Kier alpha value is -1.00. The predicted molar refractivity (Wildman–Crippen MR) is 73.4 cm³/mol. The molecule has 2 aliphatic carbocycles. The molecule has 2 N–H and O–H groups in total. The van der Waals surface area contributed by atoms with Crippen LogP contribution < -0.4 is 5.32 Å². The van der Waals surface area contributed by atoms with Crippen molar-refractivity contribution in [2.75, 3.05) is 0 Å². The quantitative estimate of drug-likeness (QED) is 0.895. The molecule has 0 aliphatic heterocycles. The van der Waals surface area contributed by atoms with E-state index in [0.29, 0.717) is 16.8 Å². The van der Waals surface area contributed by atoms with Crippen molar-refractivity contribution in [3.8, 4) is 0 Å². The summed E-state index contributed by atoms with van der Waals surface area (Å²) in [6.45, 7) is 0. The van der Waals surface area contributed by atoms with E-state index in [1.54, 1.807) is 6.07 Å². The van der Waals surface area contributed by atoms with E-state index in [4.69, 9.17) is 11.6 Å². The SMILES string of the molecule is O=C(N[C@H]1CCCC[C@@H]1O)c1cc(Cl)cn1C1CC1. The summed E-state index contributed by atoms with van der Waals surface area (Å²) in [6, 6.07) is 2.01. The second kappa shape index (κ2) is 5.17. The van der Waals surface area contributed by atoms with E-state index in [1.165, 1.54) is 0 Å². The first-order chi connectivity index (χ1) is 9.15. The average Bonchev–Trinajstić information content (AvgIpc) is 3.15. The Labute approximate surface area is 117 Å². The lowest BCUT2D eigenvalue weighted by Crippen LogP contribution is -2.45. The minimum atomic E-state index is -0.419. The Morgan fingerprint density at radius 3 is 2.74 bits per heavy atom. The summed E-state index contributed by atoms with van der Waals surface area (Å²) in [5, 5.41) is 13.5. The highest BCUT2D eigenvalue weighted by Crippen LogP contribution is 2.37. The fourth-order valence-corrected chi connectivity index (χ4v) is 3.01. The number of carbonyl (C=O) groups is 1. The molecule has 2 atom stereocenters. The van der Waals surface area contributed by atoms with Crippen LogP contribution in [0.2, 0.25) is 5.02 Å². The molecule has 1 aromatic rings. The van der Waals surface area contributed by atoms with Crippen LogP contribution in [0, 0.1) is 0 Å². The molecule has 2 fully saturated rings. The number of hydrogen-bond donors (Lipinski definition) is 2. The first-order valence-electron chi connectivity index (χ1n) is 7.01. The van der Waals surface area contributed by atoms with Gasteiger partial charge in [-0.25, -0.2) is 0 Å². The highest BCUT2D eigenvalue weighted by molar-refractivity contribution is 6.31. The molecule has 0 bridgehead atoms. The molecule has 1 amide bonds. The molecule has 4 nitrogen and oxygen atoms in total. The zero-order chi connectivity index (χ0) is 13.4. The van der Waals surface area contributed by atoms with Gasteiger partial charge in [0.25, 0.3) is 5.91 Å². The van der Waals surface area contributed by atoms with Crippen molar-refractivity contribution in [1.82, 2.24) is 9.88 Å². The zero-order valence-corrected chi connectivity index (χ0v) is 11.6. The molecular formula is C14H19ClN2O2. The fraction of sp³-hybridized carbons (Fsp3) is 0.643. The lowest BCUT2D eigenvalue weighted by Gasteiger charge is -2.28. The number of nitrogens with one attached hydrogen (secondary N) is 1. The Bertz CT molecular complexity index is 482. The number of hydrogen-bond acceptors (Lipinski definition) is 2. The number of aliphatic hydroxyl groups is 1. The average molecular weight is 283 g/mol. The smallest absolute Gasteiger partial charge is 0.268 e. The van der Waals surface area contributed by atoms with Crippen LogP contribution >= 0.6 is 11.6 Å². The van der Waals surface area contributed by atoms with Crippen LogP contribution in [-0.2, 0) is 0 Å². The molecule has 5 heteroatoms. The molecule has 0 aromatic carbocycles. The summed E-state index contributed by atoms with van der Waals surface area (Å²) in [7, 11) is 0. The van der Waals surface area contributed by atoms with Gasteiger partial charge in [0.05, 0.1) is 17.2 Å². The zero-order valence-electron chi connectivity index (χ0n) is 10.8. The van der Waals surface area contributed by atoms with Gasteiger partial charge in [-0.1, -0.05) is 24.4 Å². The van der Waals surface area contributed by atoms with Gasteiger partial charge in [-0.2, -0.15) is 0 Å². The first-order valence-corrected chi connectivity index (χ1v) is 7.39. The maximum atomic E-state index is 12.3. The van der Waals surface area contributed by atoms with Gasteiger partial charge in [-0.05, 0) is 31.7 Å². The van der Waals surface area contributed by atoms with Gasteiger partial charge in [0.2, 0.25) is 0 Å². The van der Waals surface area contributed by atoms with Crippen molar-refractivity contribution >= 4 is 17.5 Å². The molecule has 2 saturated carbocycles. The molecule has 0 radical (unpaired) electrons. The minimum Gasteiger partial charge on any atom is -0.391 e. The summed E-state index contributed by atoms with van der Waals surface area (Å²) in [6.07, 6.45) is 7.35. The van der Waals surface area contributed by atoms with Crippen LogP contribution in [0.1, 0.15) is 55.1 Å². The molecule has 2 aliphatic rings. The molecular weight excluding hydrogens is 264 g/mol. The van der Waals surface area contributed by atoms with Crippen LogP contribution in [0.4, 0.5) is 0 Å². The fourth-order valence-electron chi connectivity index (χ4n) is 2.80. The van der Waals surface area contributed by atoms with E-state index >= 15 is 0 Å². The van der Waals surface area contributed by atoms with Gasteiger partial charge in [-0.15, -0.1) is 0 Å². The van der Waals surface area contributed by atoms with Crippen LogP contribution in [0.25, 0.3) is 0 Å². The largest absolute Gasteiger partial charge is 0.391 e. The first kappa shape index (κ1) is 13.0. The lowest BCUT2D eigenvalue weighted by atomic mass is 9.92. The Morgan fingerprint density at radius 2 is 2.05 bits per heavy atom. The van der Waals surface area contributed by atoms with Crippen LogP contribution in [-0.4, -0.2) is 27.7 Å². The van der Waals surface area contributed by atoms with Crippen LogP contribution in [0.15, 0.2) is 12.3 Å². The molecule has 104 valence electrons. The van der Waals surface area contributed by atoms with Gasteiger partial charge in [0, 0.05) is 12.2 Å². The number of halogens is 1. The maximum Gasteiger partial charge on any atom is 0.268 e. The summed E-state index contributed by atoms with van der Waals surface area (Å²) >= 11 is 6.00. The standard InChI is InChI=1S/C14H19ClN2O2/c15-9-7-12(17(8-9)10-5-6-10)14(19)16-11-3-1-2-4-13(11)18/h7-8,10-11,13,18H,1-6H2,(H,16,19)/t11-,13-/m0/s1. The number of carbonyl (C=O) groups excluding carboxylic acids is 1.